The van der Waals surface area contributed by atoms with Crippen LogP contribution in [0, 0.1) is 13.8 Å². The number of aromatic amines is 2. The van der Waals surface area contributed by atoms with Crippen molar-refractivity contribution in [2.24, 2.45) is 0 Å². The minimum Gasteiger partial charge on any atom is -0.340 e. The number of thiophene rings is 1. The molecule has 5 rings (SSSR count). The summed E-state index contributed by atoms with van der Waals surface area (Å²) in [5.41, 5.74) is 5.92. The van der Waals surface area contributed by atoms with Gasteiger partial charge in [-0.15, -0.1) is 11.3 Å². The van der Waals surface area contributed by atoms with Crippen molar-refractivity contribution >= 4 is 27.8 Å². The van der Waals surface area contributed by atoms with E-state index in [1.807, 2.05) is 18.3 Å². The number of allylic oxidation sites excluding steroid dienone is 2. The number of nitrogens with one attached hydrogen (secondary N) is 3. The van der Waals surface area contributed by atoms with E-state index in [1.54, 1.807) is 11.3 Å². The quantitative estimate of drug-likeness (QED) is 0.384. The highest BCUT2D eigenvalue weighted by molar-refractivity contribution is 7.13. The lowest BCUT2D eigenvalue weighted by Gasteiger charge is -2.21. The van der Waals surface area contributed by atoms with Crippen molar-refractivity contribution in [3.63, 3.8) is 0 Å². The fourth-order valence-electron chi connectivity index (χ4n) is 4.26. The van der Waals surface area contributed by atoms with Gasteiger partial charge in [0.15, 0.2) is 5.82 Å². The average Bonchev–Trinajstić information content (AvgIpc) is 3.50. The number of imidazole rings is 1. The fourth-order valence-corrected chi connectivity index (χ4v) is 5.16. The van der Waals surface area contributed by atoms with Gasteiger partial charge in [0.2, 0.25) is 0 Å². The number of aryl methyl sites for hydroxylation is 2. The second kappa shape index (κ2) is 8.24. The Balaban J connectivity index is 1.56. The molecular formula is C24H26N6S. The summed E-state index contributed by atoms with van der Waals surface area (Å²) in [5.74, 6) is 1.26. The molecule has 0 atom stereocenters. The molecule has 158 valence electrons. The molecule has 0 aromatic carbocycles. The van der Waals surface area contributed by atoms with Gasteiger partial charge < -0.3 is 10.3 Å². The van der Waals surface area contributed by atoms with Crippen LogP contribution in [-0.2, 0) is 0 Å². The van der Waals surface area contributed by atoms with E-state index in [1.165, 1.54) is 9.75 Å². The first kappa shape index (κ1) is 19.9. The summed E-state index contributed by atoms with van der Waals surface area (Å²) in [5, 5.41) is 12.2. The highest BCUT2D eigenvalue weighted by Crippen LogP contribution is 2.34. The van der Waals surface area contributed by atoms with Crippen LogP contribution in [0.5, 0.6) is 0 Å². The third-order valence-corrected chi connectivity index (χ3v) is 6.91. The van der Waals surface area contributed by atoms with E-state index in [0.717, 1.165) is 71.0 Å². The van der Waals surface area contributed by atoms with E-state index in [9.17, 15) is 0 Å². The molecule has 0 spiro atoms. The van der Waals surface area contributed by atoms with Gasteiger partial charge in [-0.3, -0.25) is 10.1 Å². The molecule has 0 unspecified atom stereocenters. The van der Waals surface area contributed by atoms with Crippen LogP contribution in [0.25, 0.3) is 28.0 Å². The number of hydrogen-bond donors (Lipinski definition) is 3. The molecule has 1 fully saturated rings. The number of rotatable bonds is 5. The van der Waals surface area contributed by atoms with Gasteiger partial charge in [-0.25, -0.2) is 4.98 Å². The lowest BCUT2D eigenvalue weighted by molar-refractivity contribution is 0.453. The number of nitrogens with zero attached hydrogens (tertiary/aromatic N) is 3. The topological polar surface area (TPSA) is 82.3 Å². The summed E-state index contributed by atoms with van der Waals surface area (Å²) in [7, 11) is 0. The van der Waals surface area contributed by atoms with E-state index >= 15 is 0 Å². The Kier molecular flexibility index (Phi) is 5.29. The molecule has 0 bridgehead atoms. The van der Waals surface area contributed by atoms with Gasteiger partial charge in [-0.2, -0.15) is 5.10 Å². The second-order valence-corrected chi connectivity index (χ2v) is 9.32. The third kappa shape index (κ3) is 3.75. The van der Waals surface area contributed by atoms with Gasteiger partial charge >= 0.3 is 0 Å². The van der Waals surface area contributed by atoms with Crippen molar-refractivity contribution in [2.75, 3.05) is 13.1 Å². The lowest BCUT2D eigenvalue weighted by Crippen LogP contribution is -2.27. The molecule has 5 heterocycles. The molecule has 1 aliphatic heterocycles. The van der Waals surface area contributed by atoms with Gasteiger partial charge in [0.25, 0.3) is 0 Å². The summed E-state index contributed by atoms with van der Waals surface area (Å²) >= 11 is 1.76. The first-order chi connectivity index (χ1) is 15.1. The first-order valence-electron chi connectivity index (χ1n) is 10.7. The number of pyridine rings is 1. The number of fused-ring (bicyclic) bond motifs is 1. The molecule has 1 saturated heterocycles. The molecule has 0 amide bonds. The van der Waals surface area contributed by atoms with E-state index in [2.05, 4.69) is 59.1 Å². The van der Waals surface area contributed by atoms with Gasteiger partial charge in [0.1, 0.15) is 5.69 Å². The number of piperidine rings is 1. The largest absolute Gasteiger partial charge is 0.340 e. The van der Waals surface area contributed by atoms with Crippen LogP contribution in [0.2, 0.25) is 0 Å². The van der Waals surface area contributed by atoms with Crippen LogP contribution in [0.3, 0.4) is 0 Å². The molecule has 1 aliphatic rings. The summed E-state index contributed by atoms with van der Waals surface area (Å²) < 4.78 is 0. The maximum absolute atomic E-state index is 4.97. The zero-order valence-corrected chi connectivity index (χ0v) is 18.6. The Morgan fingerprint density at radius 2 is 2.06 bits per heavy atom. The molecule has 4 aromatic rings. The van der Waals surface area contributed by atoms with Crippen LogP contribution < -0.4 is 5.32 Å². The Morgan fingerprint density at radius 1 is 1.23 bits per heavy atom. The van der Waals surface area contributed by atoms with E-state index in [-0.39, 0.29) is 0 Å². The van der Waals surface area contributed by atoms with Crippen LogP contribution in [-0.4, -0.2) is 38.2 Å². The van der Waals surface area contributed by atoms with Gasteiger partial charge in [-0.1, -0.05) is 18.7 Å². The summed E-state index contributed by atoms with van der Waals surface area (Å²) in [6, 6.07) is 6.46. The van der Waals surface area contributed by atoms with E-state index in [4.69, 9.17) is 9.97 Å². The Morgan fingerprint density at radius 3 is 2.81 bits per heavy atom. The predicted octanol–water partition coefficient (Wildman–Crippen LogP) is 5.11. The SMILES string of the molecule is C=C/C=C(/c1ccc(C)s1)c1nc(-c2n[nH]c3cnc(C4CCNCC4)cc23)[nH]c1C. The molecule has 7 heteroatoms. The average molecular weight is 431 g/mol. The van der Waals surface area contributed by atoms with Crippen molar-refractivity contribution in [1.82, 2.24) is 30.5 Å². The number of hydrogen-bond acceptors (Lipinski definition) is 5. The molecular weight excluding hydrogens is 404 g/mol. The Bertz CT molecular complexity index is 1270. The summed E-state index contributed by atoms with van der Waals surface area (Å²) in [6.45, 7) is 10.2. The van der Waals surface area contributed by atoms with Crippen LogP contribution >= 0.6 is 11.3 Å². The van der Waals surface area contributed by atoms with Gasteiger partial charge in [0.05, 0.1) is 17.4 Å². The number of aromatic nitrogens is 5. The van der Waals surface area contributed by atoms with Gasteiger partial charge in [0, 0.05) is 38.0 Å². The van der Waals surface area contributed by atoms with Crippen molar-refractivity contribution in [3.8, 4) is 11.5 Å². The Hall–Kier alpha value is -3.03. The minimum atomic E-state index is 0.492. The molecule has 0 radical (unpaired) electrons. The minimum absolute atomic E-state index is 0.492. The van der Waals surface area contributed by atoms with Crippen molar-refractivity contribution in [2.45, 2.75) is 32.6 Å². The summed E-state index contributed by atoms with van der Waals surface area (Å²) in [6.07, 6.45) is 7.98. The second-order valence-electron chi connectivity index (χ2n) is 8.04. The standard InChI is InChI=1S/C24H26N6S/c1-4-5-17(21-7-6-14(2)31-21)22-15(3)27-24(28-22)23-18-12-19(16-8-10-25-11-9-16)26-13-20(18)29-30-23/h4-7,12-13,16,25H,1,8-11H2,2-3H3,(H,27,28)(H,29,30)/b17-5-. The maximum atomic E-state index is 4.97. The third-order valence-electron chi connectivity index (χ3n) is 5.88. The smallest absolute Gasteiger partial charge is 0.159 e. The predicted molar refractivity (Wildman–Crippen MR) is 127 cm³/mol. The van der Waals surface area contributed by atoms with E-state index in [0.29, 0.717) is 5.92 Å². The molecule has 3 N–H and O–H groups in total. The molecule has 4 aromatic heterocycles. The zero-order chi connectivity index (χ0) is 21.4. The van der Waals surface area contributed by atoms with Crippen molar-refractivity contribution in [3.05, 3.63) is 70.0 Å². The van der Waals surface area contributed by atoms with Gasteiger partial charge in [-0.05, 0) is 58.0 Å². The normalized spacial score (nSPS) is 15.6. The monoisotopic (exact) mass is 430 g/mol. The van der Waals surface area contributed by atoms with Crippen molar-refractivity contribution < 1.29 is 0 Å². The summed E-state index contributed by atoms with van der Waals surface area (Å²) in [4.78, 5) is 15.6. The lowest BCUT2D eigenvalue weighted by atomic mass is 9.93. The molecule has 0 aliphatic carbocycles. The zero-order valence-electron chi connectivity index (χ0n) is 17.8. The van der Waals surface area contributed by atoms with E-state index < -0.39 is 0 Å². The van der Waals surface area contributed by atoms with Crippen LogP contribution in [0.15, 0.2) is 43.1 Å². The van der Waals surface area contributed by atoms with Crippen molar-refractivity contribution in [1.29, 1.82) is 0 Å². The number of H-pyrrole nitrogens is 2. The maximum Gasteiger partial charge on any atom is 0.159 e. The highest BCUT2D eigenvalue weighted by atomic mass is 32.1. The molecule has 0 saturated carbocycles. The highest BCUT2D eigenvalue weighted by Gasteiger charge is 2.21. The molecule has 6 nitrogen and oxygen atoms in total. The Labute approximate surface area is 185 Å². The fraction of sp³-hybridized carbons (Fsp3) is 0.292. The van der Waals surface area contributed by atoms with Crippen LogP contribution in [0.1, 0.15) is 45.6 Å². The first-order valence-corrected chi connectivity index (χ1v) is 11.5. The van der Waals surface area contributed by atoms with Crippen LogP contribution in [0.4, 0.5) is 0 Å². The molecule has 31 heavy (non-hydrogen) atoms.